The van der Waals surface area contributed by atoms with Crippen LogP contribution in [0.25, 0.3) is 0 Å². The molecule has 0 fully saturated rings. The molecule has 0 heterocycles. The van der Waals surface area contributed by atoms with Gasteiger partial charge in [0.05, 0.1) is 18.8 Å². The summed E-state index contributed by atoms with van der Waals surface area (Å²) in [4.78, 5) is 11.3. The Labute approximate surface area is 165 Å². The van der Waals surface area contributed by atoms with E-state index in [1.165, 1.54) is 64.2 Å². The lowest BCUT2D eigenvalue weighted by molar-refractivity contribution is -0.147. The molecule has 160 valence electrons. The van der Waals surface area contributed by atoms with E-state index in [2.05, 4.69) is 6.92 Å². The van der Waals surface area contributed by atoms with Gasteiger partial charge in [-0.1, -0.05) is 83.3 Å². The van der Waals surface area contributed by atoms with Crippen molar-refractivity contribution in [2.45, 2.75) is 102 Å². The lowest BCUT2D eigenvalue weighted by atomic mass is 10.0. The lowest BCUT2D eigenvalue weighted by Crippen LogP contribution is -2.42. The van der Waals surface area contributed by atoms with Crippen molar-refractivity contribution in [2.24, 2.45) is 11.5 Å². The topological polar surface area (TPSA) is 119 Å². The quantitative estimate of drug-likeness (QED) is 0.163. The number of hydrogen-bond donors (Lipinski definition) is 4. The molecular weight excluding hydrogens is 344 g/mol. The van der Waals surface area contributed by atoms with Crippen LogP contribution in [0.2, 0.25) is 0 Å². The third-order valence-corrected chi connectivity index (χ3v) is 4.66. The maximum atomic E-state index is 11.3. The Kier molecular flexibility index (Phi) is 17.8. The highest BCUT2D eigenvalue weighted by Gasteiger charge is 2.18. The molecule has 0 aliphatic carbocycles. The van der Waals surface area contributed by atoms with Crippen molar-refractivity contribution in [1.29, 1.82) is 0 Å². The molecule has 0 saturated carbocycles. The van der Waals surface area contributed by atoms with Crippen molar-refractivity contribution < 1.29 is 19.7 Å². The van der Waals surface area contributed by atoms with Gasteiger partial charge in [-0.25, -0.2) is 0 Å². The molecule has 0 spiro atoms. The summed E-state index contributed by atoms with van der Waals surface area (Å²) in [6.45, 7) is 1.64. The van der Waals surface area contributed by atoms with Crippen molar-refractivity contribution in [2.75, 3.05) is 13.2 Å². The van der Waals surface area contributed by atoms with Crippen molar-refractivity contribution in [3.05, 3.63) is 12.2 Å². The zero-order chi connectivity index (χ0) is 20.3. The Bertz CT molecular complexity index is 377. The first-order valence-corrected chi connectivity index (χ1v) is 10.7. The fourth-order valence-electron chi connectivity index (χ4n) is 2.76. The van der Waals surface area contributed by atoms with Crippen LogP contribution < -0.4 is 11.5 Å². The summed E-state index contributed by atoms with van der Waals surface area (Å²) >= 11 is 0. The number of allylic oxidation sites excluding steroid dienone is 1. The first-order valence-electron chi connectivity index (χ1n) is 10.7. The minimum Gasteiger partial charge on any atom is -0.463 e. The van der Waals surface area contributed by atoms with Gasteiger partial charge in [-0.05, 0) is 12.8 Å². The van der Waals surface area contributed by atoms with Crippen LogP contribution in [-0.4, -0.2) is 47.6 Å². The summed E-state index contributed by atoms with van der Waals surface area (Å²) in [6, 6.07) is -1.76. The van der Waals surface area contributed by atoms with Crippen LogP contribution in [0.5, 0.6) is 0 Å². The number of hydrogen-bond acceptors (Lipinski definition) is 6. The second-order valence-electron chi connectivity index (χ2n) is 7.33. The fraction of sp³-hybridized carbons (Fsp3) is 0.857. The highest BCUT2D eigenvalue weighted by molar-refractivity contribution is 5.75. The second kappa shape index (κ2) is 18.4. The molecule has 6 nitrogen and oxygen atoms in total. The number of unbranched alkanes of at least 4 members (excludes halogenated alkanes) is 11. The first kappa shape index (κ1) is 26.1. The summed E-state index contributed by atoms with van der Waals surface area (Å²) in [7, 11) is 0. The van der Waals surface area contributed by atoms with Gasteiger partial charge in [-0.15, -0.1) is 0 Å². The Morgan fingerprint density at radius 2 is 1.48 bits per heavy atom. The Hall–Kier alpha value is -0.950. The van der Waals surface area contributed by atoms with Crippen LogP contribution in [0.15, 0.2) is 12.2 Å². The third kappa shape index (κ3) is 15.8. The van der Waals surface area contributed by atoms with Crippen molar-refractivity contribution in [1.82, 2.24) is 0 Å². The molecule has 0 aromatic carbocycles. The van der Waals surface area contributed by atoms with Gasteiger partial charge in [-0.3, -0.25) is 4.79 Å². The van der Waals surface area contributed by atoms with E-state index in [0.29, 0.717) is 0 Å². The monoisotopic (exact) mass is 386 g/mol. The van der Waals surface area contributed by atoms with Gasteiger partial charge in [0.15, 0.2) is 0 Å². The van der Waals surface area contributed by atoms with Crippen molar-refractivity contribution in [3.63, 3.8) is 0 Å². The number of aliphatic hydroxyl groups is 2. The minimum absolute atomic E-state index is 0.128. The van der Waals surface area contributed by atoms with Crippen LogP contribution in [-0.2, 0) is 9.53 Å². The molecule has 0 radical (unpaired) electrons. The standard InChI is InChI=1S/C21H42N2O4/c1-2-3-4-5-6-7-8-9-10-11-12-13-14-15-20(25)19(23)17-27-21(26)18(22)16-24/h14-15,18-20,24-25H,2-13,16-17,22-23H2,1H3/t18-,19?,20?/m0/s1. The van der Waals surface area contributed by atoms with Gasteiger partial charge in [-0.2, -0.15) is 0 Å². The van der Waals surface area contributed by atoms with E-state index in [1.54, 1.807) is 6.08 Å². The lowest BCUT2D eigenvalue weighted by Gasteiger charge is -2.17. The highest BCUT2D eigenvalue weighted by atomic mass is 16.5. The maximum Gasteiger partial charge on any atom is 0.325 e. The number of rotatable bonds is 18. The summed E-state index contributed by atoms with van der Waals surface area (Å²) in [5.41, 5.74) is 11.1. The van der Waals surface area contributed by atoms with Crippen LogP contribution in [0.1, 0.15) is 84.0 Å². The van der Waals surface area contributed by atoms with Crippen LogP contribution in [0.3, 0.4) is 0 Å². The third-order valence-electron chi connectivity index (χ3n) is 4.66. The number of esters is 1. The summed E-state index contributed by atoms with van der Waals surface area (Å²) in [5.74, 6) is -0.718. The number of nitrogens with two attached hydrogens (primary N) is 2. The zero-order valence-electron chi connectivity index (χ0n) is 17.2. The van der Waals surface area contributed by atoms with Gasteiger partial charge in [0, 0.05) is 0 Å². The van der Waals surface area contributed by atoms with E-state index in [0.717, 1.165) is 12.8 Å². The Morgan fingerprint density at radius 1 is 0.963 bits per heavy atom. The molecule has 3 atom stereocenters. The minimum atomic E-state index is -1.06. The fourth-order valence-corrected chi connectivity index (χ4v) is 2.76. The van der Waals surface area contributed by atoms with Gasteiger partial charge >= 0.3 is 5.97 Å². The van der Waals surface area contributed by atoms with E-state index in [-0.39, 0.29) is 6.61 Å². The van der Waals surface area contributed by atoms with E-state index < -0.39 is 30.8 Å². The van der Waals surface area contributed by atoms with Gasteiger partial charge in [0.2, 0.25) is 0 Å². The van der Waals surface area contributed by atoms with E-state index in [4.69, 9.17) is 21.3 Å². The van der Waals surface area contributed by atoms with Gasteiger partial charge < -0.3 is 26.4 Å². The molecule has 0 aliphatic rings. The largest absolute Gasteiger partial charge is 0.463 e. The molecule has 0 rings (SSSR count). The Balaban J connectivity index is 3.55. The molecule has 0 saturated heterocycles. The van der Waals surface area contributed by atoms with Gasteiger partial charge in [0.25, 0.3) is 0 Å². The second-order valence-corrected chi connectivity index (χ2v) is 7.33. The van der Waals surface area contributed by atoms with Crippen molar-refractivity contribution >= 4 is 5.97 Å². The van der Waals surface area contributed by atoms with Crippen molar-refractivity contribution in [3.8, 4) is 0 Å². The molecule has 0 bridgehead atoms. The average molecular weight is 387 g/mol. The van der Waals surface area contributed by atoms with Crippen LogP contribution in [0, 0.1) is 0 Å². The van der Waals surface area contributed by atoms with Crippen LogP contribution in [0.4, 0.5) is 0 Å². The van der Waals surface area contributed by atoms with E-state index in [1.807, 2.05) is 6.08 Å². The maximum absolute atomic E-state index is 11.3. The SMILES string of the molecule is CCCCCCCCCCCCCC=CC(O)C(N)COC(=O)[C@@H](N)CO. The summed E-state index contributed by atoms with van der Waals surface area (Å²) in [5, 5.41) is 18.7. The number of carbonyl (C=O) groups excluding carboxylic acids is 1. The van der Waals surface area contributed by atoms with E-state index >= 15 is 0 Å². The molecule has 27 heavy (non-hydrogen) atoms. The predicted molar refractivity (Wildman–Crippen MR) is 110 cm³/mol. The molecule has 2 unspecified atom stereocenters. The molecular formula is C21H42N2O4. The highest BCUT2D eigenvalue weighted by Crippen LogP contribution is 2.12. The molecule has 0 aromatic rings. The molecule has 0 amide bonds. The number of aliphatic hydroxyl groups excluding tert-OH is 2. The summed E-state index contributed by atoms with van der Waals surface area (Å²) < 4.78 is 4.85. The molecule has 6 heteroatoms. The van der Waals surface area contributed by atoms with Crippen LogP contribution >= 0.6 is 0 Å². The molecule has 6 N–H and O–H groups in total. The number of carbonyl (C=O) groups is 1. The Morgan fingerprint density at radius 3 is 2.00 bits per heavy atom. The zero-order valence-corrected chi connectivity index (χ0v) is 17.2. The normalized spacial score (nSPS) is 15.0. The van der Waals surface area contributed by atoms with E-state index in [9.17, 15) is 9.90 Å². The predicted octanol–water partition coefficient (Wildman–Crippen LogP) is 2.79. The average Bonchev–Trinajstić information content (AvgIpc) is 2.68. The first-order chi connectivity index (χ1) is 13.0. The number of ether oxygens (including phenoxy) is 1. The van der Waals surface area contributed by atoms with Gasteiger partial charge in [0.1, 0.15) is 12.6 Å². The summed E-state index contributed by atoms with van der Waals surface area (Å²) in [6.07, 6.45) is 18.1. The molecule has 0 aromatic heterocycles. The molecule has 0 aliphatic heterocycles. The smallest absolute Gasteiger partial charge is 0.325 e.